The van der Waals surface area contributed by atoms with Crippen LogP contribution in [0.4, 0.5) is 4.39 Å². The Hall–Kier alpha value is -1.30. The van der Waals surface area contributed by atoms with Gasteiger partial charge in [-0.25, -0.2) is 4.39 Å². The molecule has 0 saturated heterocycles. The highest BCUT2D eigenvalue weighted by Crippen LogP contribution is 2.37. The monoisotopic (exact) mass is 376 g/mol. The maximum absolute atomic E-state index is 13.8. The van der Waals surface area contributed by atoms with Crippen LogP contribution >= 0.6 is 39.1 Å². The molecule has 20 heavy (non-hydrogen) atoms. The van der Waals surface area contributed by atoms with E-state index in [9.17, 15) is 4.39 Å². The van der Waals surface area contributed by atoms with Crippen LogP contribution in [0.25, 0.3) is 0 Å². The topological polar surface area (TPSA) is 59.1 Å². The molecule has 0 aromatic heterocycles. The molecule has 0 heterocycles. The number of benzene rings is 2. The minimum Gasteiger partial charge on any atom is -0.453 e. The number of hydrogen-bond acceptors (Lipinski definition) is 2. The van der Waals surface area contributed by atoms with Crippen molar-refractivity contribution in [3.05, 3.63) is 56.2 Å². The fourth-order valence-electron chi connectivity index (χ4n) is 1.45. The van der Waals surface area contributed by atoms with Crippen LogP contribution in [-0.4, -0.2) is 5.84 Å². The van der Waals surface area contributed by atoms with Crippen LogP contribution in [0.2, 0.25) is 10.0 Å². The number of nitrogens with one attached hydrogen (secondary N) is 1. The number of nitrogens with two attached hydrogens (primary N) is 1. The van der Waals surface area contributed by atoms with Gasteiger partial charge in [-0.2, -0.15) is 0 Å². The number of ether oxygens (including phenoxy) is 1. The Morgan fingerprint density at radius 3 is 2.45 bits per heavy atom. The van der Waals surface area contributed by atoms with E-state index in [1.54, 1.807) is 6.07 Å². The van der Waals surface area contributed by atoms with Gasteiger partial charge in [0.1, 0.15) is 11.6 Å². The van der Waals surface area contributed by atoms with Crippen LogP contribution in [0.15, 0.2) is 34.8 Å². The van der Waals surface area contributed by atoms with Gasteiger partial charge in [0.2, 0.25) is 0 Å². The van der Waals surface area contributed by atoms with Crippen molar-refractivity contribution in [2.24, 2.45) is 5.73 Å². The maximum Gasteiger partial charge on any atom is 0.166 e. The van der Waals surface area contributed by atoms with Gasteiger partial charge in [-0.05, 0) is 40.2 Å². The van der Waals surface area contributed by atoms with Gasteiger partial charge in [0.25, 0.3) is 0 Å². The van der Waals surface area contributed by atoms with Crippen molar-refractivity contribution in [2.75, 3.05) is 0 Å². The molecule has 7 heteroatoms. The summed E-state index contributed by atoms with van der Waals surface area (Å²) in [6.45, 7) is 0. The Morgan fingerprint density at radius 2 is 1.85 bits per heavy atom. The zero-order chi connectivity index (χ0) is 14.9. The highest BCUT2D eigenvalue weighted by atomic mass is 79.9. The first-order valence-electron chi connectivity index (χ1n) is 5.35. The number of amidine groups is 1. The highest BCUT2D eigenvalue weighted by molar-refractivity contribution is 9.10. The van der Waals surface area contributed by atoms with E-state index in [4.69, 9.17) is 39.1 Å². The molecule has 2 rings (SSSR count). The third-order valence-electron chi connectivity index (χ3n) is 2.44. The lowest BCUT2D eigenvalue weighted by Crippen LogP contribution is -2.11. The van der Waals surface area contributed by atoms with Crippen LogP contribution in [0.1, 0.15) is 5.56 Å². The molecule has 0 unspecified atom stereocenters. The van der Waals surface area contributed by atoms with E-state index >= 15 is 0 Å². The Labute approximate surface area is 133 Å². The second-order valence-corrected chi connectivity index (χ2v) is 5.53. The van der Waals surface area contributed by atoms with Crippen molar-refractivity contribution >= 4 is 45.0 Å². The second kappa shape index (κ2) is 5.99. The van der Waals surface area contributed by atoms with Crippen molar-refractivity contribution in [2.45, 2.75) is 0 Å². The SMILES string of the molecule is N=C(N)c1ccc(Oc2cc(Cl)c(Br)cc2Cl)c(F)c1. The predicted octanol–water partition coefficient (Wildman–Crippen LogP) is 4.97. The predicted molar refractivity (Wildman–Crippen MR) is 81.7 cm³/mol. The Bertz CT molecular complexity index is 694. The van der Waals surface area contributed by atoms with E-state index in [0.717, 1.165) is 6.07 Å². The molecule has 104 valence electrons. The Balaban J connectivity index is 2.35. The molecule has 0 spiro atoms. The number of nitrogen functional groups attached to an aromatic ring is 1. The normalized spacial score (nSPS) is 10.4. The van der Waals surface area contributed by atoms with Crippen molar-refractivity contribution in [3.63, 3.8) is 0 Å². The molecular formula is C13H8BrCl2FN2O. The summed E-state index contributed by atoms with van der Waals surface area (Å²) < 4.78 is 19.8. The van der Waals surface area contributed by atoms with E-state index in [2.05, 4.69) is 15.9 Å². The summed E-state index contributed by atoms with van der Waals surface area (Å²) in [6, 6.07) is 7.01. The van der Waals surface area contributed by atoms with Crippen LogP contribution in [0, 0.1) is 11.2 Å². The summed E-state index contributed by atoms with van der Waals surface area (Å²) in [7, 11) is 0. The molecule has 0 aliphatic heterocycles. The first kappa shape index (κ1) is 15.1. The molecular weight excluding hydrogens is 370 g/mol. The first-order chi connectivity index (χ1) is 9.38. The van der Waals surface area contributed by atoms with E-state index in [-0.39, 0.29) is 27.9 Å². The quantitative estimate of drug-likeness (QED) is 0.450. The van der Waals surface area contributed by atoms with Gasteiger partial charge in [-0.1, -0.05) is 23.2 Å². The Morgan fingerprint density at radius 1 is 1.15 bits per heavy atom. The molecule has 3 nitrogen and oxygen atoms in total. The zero-order valence-corrected chi connectivity index (χ0v) is 13.0. The van der Waals surface area contributed by atoms with Gasteiger partial charge in [0.05, 0.1) is 10.0 Å². The molecule has 2 aromatic carbocycles. The van der Waals surface area contributed by atoms with Gasteiger partial charge in [-0.3, -0.25) is 5.41 Å². The standard InChI is InChI=1S/C13H8BrCl2FN2O/c14-7-4-9(16)12(5-8(7)15)20-11-2-1-6(13(18)19)3-10(11)17/h1-5H,(H3,18,19). The number of halogens is 4. The lowest BCUT2D eigenvalue weighted by molar-refractivity contribution is 0.442. The van der Waals surface area contributed by atoms with Crippen molar-refractivity contribution in [1.82, 2.24) is 0 Å². The van der Waals surface area contributed by atoms with E-state index in [0.29, 0.717) is 9.50 Å². The molecule has 3 N–H and O–H groups in total. The third-order valence-corrected chi connectivity index (χ3v) is 3.93. The molecule has 0 atom stereocenters. The zero-order valence-electron chi connectivity index (χ0n) is 9.88. The van der Waals surface area contributed by atoms with Gasteiger partial charge in [-0.15, -0.1) is 0 Å². The van der Waals surface area contributed by atoms with Crippen LogP contribution < -0.4 is 10.5 Å². The summed E-state index contributed by atoms with van der Waals surface area (Å²) in [5.74, 6) is -0.669. The number of rotatable bonds is 3. The average Bonchev–Trinajstić information content (AvgIpc) is 2.37. The lowest BCUT2D eigenvalue weighted by atomic mass is 10.2. The van der Waals surface area contributed by atoms with E-state index < -0.39 is 5.82 Å². The van der Waals surface area contributed by atoms with Crippen LogP contribution in [0.3, 0.4) is 0 Å². The summed E-state index contributed by atoms with van der Waals surface area (Å²) >= 11 is 15.2. The number of hydrogen-bond donors (Lipinski definition) is 2. The summed E-state index contributed by atoms with van der Waals surface area (Å²) in [5, 5.41) is 7.92. The van der Waals surface area contributed by atoms with Crippen molar-refractivity contribution in [3.8, 4) is 11.5 Å². The molecule has 0 bridgehead atoms. The van der Waals surface area contributed by atoms with Gasteiger partial charge in [0.15, 0.2) is 11.6 Å². The minimum atomic E-state index is -0.646. The summed E-state index contributed by atoms with van der Waals surface area (Å²) in [5.41, 5.74) is 5.55. The van der Waals surface area contributed by atoms with Gasteiger partial charge >= 0.3 is 0 Å². The average molecular weight is 378 g/mol. The van der Waals surface area contributed by atoms with Gasteiger partial charge in [0, 0.05) is 16.1 Å². The smallest absolute Gasteiger partial charge is 0.166 e. The fourth-order valence-corrected chi connectivity index (χ4v) is 2.28. The second-order valence-electron chi connectivity index (χ2n) is 3.86. The van der Waals surface area contributed by atoms with Crippen molar-refractivity contribution < 1.29 is 9.13 Å². The molecule has 0 amide bonds. The molecule has 0 saturated carbocycles. The van der Waals surface area contributed by atoms with Crippen LogP contribution in [0.5, 0.6) is 11.5 Å². The highest BCUT2D eigenvalue weighted by Gasteiger charge is 2.12. The third kappa shape index (κ3) is 3.23. The molecule has 0 aliphatic carbocycles. The first-order valence-corrected chi connectivity index (χ1v) is 6.89. The fraction of sp³-hybridized carbons (Fsp3) is 0. The lowest BCUT2D eigenvalue weighted by Gasteiger charge is -2.10. The molecule has 0 aliphatic rings. The summed E-state index contributed by atoms with van der Waals surface area (Å²) in [4.78, 5) is 0. The van der Waals surface area contributed by atoms with E-state index in [1.807, 2.05) is 0 Å². The van der Waals surface area contributed by atoms with E-state index in [1.165, 1.54) is 18.2 Å². The van der Waals surface area contributed by atoms with Gasteiger partial charge < -0.3 is 10.5 Å². The molecule has 0 radical (unpaired) electrons. The molecule has 2 aromatic rings. The van der Waals surface area contributed by atoms with Crippen molar-refractivity contribution in [1.29, 1.82) is 5.41 Å². The largest absolute Gasteiger partial charge is 0.453 e. The minimum absolute atomic E-state index is 0.0321. The summed E-state index contributed by atoms with van der Waals surface area (Å²) in [6.07, 6.45) is 0. The van der Waals surface area contributed by atoms with Crippen LogP contribution in [-0.2, 0) is 0 Å². The molecule has 0 fully saturated rings. The maximum atomic E-state index is 13.8. The Kier molecular flexibility index (Phi) is 4.52.